The number of sulfonamides is 1. The van der Waals surface area contributed by atoms with Gasteiger partial charge in [0.05, 0.1) is 10.8 Å². The smallest absolute Gasteiger partial charge is 0.243 e. The fraction of sp³-hybridized carbons (Fsp3) is 0.261. The third-order valence-corrected chi connectivity index (χ3v) is 7.35. The summed E-state index contributed by atoms with van der Waals surface area (Å²) in [5.41, 5.74) is 1.06. The Morgan fingerprint density at radius 1 is 0.966 bits per heavy atom. The first-order chi connectivity index (χ1) is 14.1. The van der Waals surface area contributed by atoms with Gasteiger partial charge in [0.2, 0.25) is 15.9 Å². The van der Waals surface area contributed by atoms with Gasteiger partial charge in [0.15, 0.2) is 0 Å². The molecule has 150 valence electrons. The highest BCUT2D eigenvalue weighted by Gasteiger charge is 2.33. The van der Waals surface area contributed by atoms with E-state index >= 15 is 0 Å². The van der Waals surface area contributed by atoms with Gasteiger partial charge >= 0.3 is 0 Å². The van der Waals surface area contributed by atoms with E-state index in [-0.39, 0.29) is 23.3 Å². The van der Waals surface area contributed by atoms with Crippen molar-refractivity contribution in [2.75, 3.05) is 13.1 Å². The molecule has 0 saturated carbocycles. The van der Waals surface area contributed by atoms with Crippen LogP contribution >= 0.6 is 0 Å². The van der Waals surface area contributed by atoms with Gasteiger partial charge in [0, 0.05) is 19.6 Å². The number of rotatable bonds is 5. The van der Waals surface area contributed by atoms with Crippen molar-refractivity contribution in [2.24, 2.45) is 5.92 Å². The number of benzene rings is 3. The Labute approximate surface area is 171 Å². The van der Waals surface area contributed by atoms with E-state index in [1.165, 1.54) is 4.31 Å². The predicted octanol–water partition coefficient (Wildman–Crippen LogP) is 3.56. The molecule has 1 N–H and O–H groups in total. The van der Waals surface area contributed by atoms with Crippen molar-refractivity contribution in [3.63, 3.8) is 0 Å². The van der Waals surface area contributed by atoms with E-state index < -0.39 is 10.0 Å². The van der Waals surface area contributed by atoms with Gasteiger partial charge in [-0.2, -0.15) is 4.31 Å². The van der Waals surface area contributed by atoms with Gasteiger partial charge in [-0.25, -0.2) is 8.42 Å². The minimum absolute atomic E-state index is 0.0918. The molecule has 3 aromatic rings. The molecule has 0 spiro atoms. The first kappa shape index (κ1) is 19.6. The topological polar surface area (TPSA) is 66.5 Å². The number of piperidine rings is 1. The molecule has 0 unspecified atom stereocenters. The molecule has 0 radical (unpaired) electrons. The van der Waals surface area contributed by atoms with Gasteiger partial charge in [-0.05, 0) is 41.3 Å². The van der Waals surface area contributed by atoms with Crippen LogP contribution in [0.5, 0.6) is 0 Å². The number of hydrogen-bond acceptors (Lipinski definition) is 3. The fourth-order valence-electron chi connectivity index (χ4n) is 3.89. The summed E-state index contributed by atoms with van der Waals surface area (Å²) in [6.45, 7) is 1.10. The molecule has 1 fully saturated rings. The number of fused-ring (bicyclic) bond motifs is 1. The highest BCUT2D eigenvalue weighted by Crippen LogP contribution is 2.24. The van der Waals surface area contributed by atoms with Crippen LogP contribution in [-0.2, 0) is 21.4 Å². The van der Waals surface area contributed by atoms with Crippen LogP contribution in [0.25, 0.3) is 10.8 Å². The molecule has 1 aliphatic rings. The van der Waals surface area contributed by atoms with Crippen LogP contribution in [0.1, 0.15) is 18.4 Å². The van der Waals surface area contributed by atoms with Gasteiger partial charge in [-0.3, -0.25) is 4.79 Å². The van der Waals surface area contributed by atoms with Crippen molar-refractivity contribution in [1.29, 1.82) is 0 Å². The third kappa shape index (κ3) is 4.18. The highest BCUT2D eigenvalue weighted by atomic mass is 32.2. The van der Waals surface area contributed by atoms with Crippen molar-refractivity contribution in [3.05, 3.63) is 78.4 Å². The lowest BCUT2D eigenvalue weighted by atomic mass is 9.98. The molecule has 0 aromatic heterocycles. The summed E-state index contributed by atoms with van der Waals surface area (Å²) in [5, 5.41) is 5.27. The van der Waals surface area contributed by atoms with Gasteiger partial charge in [-0.1, -0.05) is 60.7 Å². The lowest BCUT2D eigenvalue weighted by Crippen LogP contribution is -2.45. The van der Waals surface area contributed by atoms with E-state index in [0.717, 1.165) is 16.3 Å². The molecule has 5 nitrogen and oxygen atoms in total. The molecule has 0 aliphatic carbocycles. The lowest BCUT2D eigenvalue weighted by molar-refractivity contribution is -0.126. The second-order valence-corrected chi connectivity index (χ2v) is 9.31. The zero-order chi connectivity index (χ0) is 20.3. The van der Waals surface area contributed by atoms with Crippen LogP contribution in [0.15, 0.2) is 77.7 Å². The number of carbonyl (C=O) groups excluding carboxylic acids is 1. The first-order valence-corrected chi connectivity index (χ1v) is 11.3. The van der Waals surface area contributed by atoms with Crippen LogP contribution in [0.4, 0.5) is 0 Å². The fourth-order valence-corrected chi connectivity index (χ4v) is 5.43. The summed E-state index contributed by atoms with van der Waals surface area (Å²) in [7, 11) is -3.57. The Kier molecular flexibility index (Phi) is 5.65. The zero-order valence-electron chi connectivity index (χ0n) is 16.1. The van der Waals surface area contributed by atoms with Crippen LogP contribution in [-0.4, -0.2) is 31.7 Å². The molecule has 4 rings (SSSR count). The SMILES string of the molecule is O=C(NCc1cccc2ccccc12)[C@H]1CCCN(S(=O)(=O)c2ccccc2)C1. The molecule has 1 heterocycles. The maximum Gasteiger partial charge on any atom is 0.243 e. The number of amides is 1. The summed E-state index contributed by atoms with van der Waals surface area (Å²) in [4.78, 5) is 13.1. The zero-order valence-corrected chi connectivity index (χ0v) is 16.9. The van der Waals surface area contributed by atoms with Crippen molar-refractivity contribution in [1.82, 2.24) is 9.62 Å². The Morgan fingerprint density at radius 2 is 1.69 bits per heavy atom. The normalized spacial score (nSPS) is 17.9. The third-order valence-electron chi connectivity index (χ3n) is 5.47. The van der Waals surface area contributed by atoms with Gasteiger partial charge in [0.25, 0.3) is 0 Å². The second-order valence-electron chi connectivity index (χ2n) is 7.37. The minimum atomic E-state index is -3.57. The number of nitrogens with zero attached hydrogens (tertiary/aromatic N) is 1. The average Bonchev–Trinajstić information content (AvgIpc) is 2.78. The quantitative estimate of drug-likeness (QED) is 0.702. The molecule has 1 atom stereocenters. The van der Waals surface area contributed by atoms with Crippen LogP contribution in [0.3, 0.4) is 0 Å². The molecule has 1 amide bonds. The van der Waals surface area contributed by atoms with Gasteiger partial charge < -0.3 is 5.32 Å². The van der Waals surface area contributed by atoms with Crippen molar-refractivity contribution < 1.29 is 13.2 Å². The number of hydrogen-bond donors (Lipinski definition) is 1. The molecular weight excluding hydrogens is 384 g/mol. The molecule has 1 aliphatic heterocycles. The van der Waals surface area contributed by atoms with Crippen LogP contribution < -0.4 is 5.32 Å². The molecule has 3 aromatic carbocycles. The maximum absolute atomic E-state index is 12.9. The minimum Gasteiger partial charge on any atom is -0.352 e. The standard InChI is InChI=1S/C23H24N2O3S/c26-23(24-16-19-10-6-9-18-8-4-5-14-22(18)19)20-11-7-15-25(17-20)29(27,28)21-12-2-1-3-13-21/h1-6,8-10,12-14,20H,7,11,15-17H2,(H,24,26)/t20-/m0/s1. The van der Waals surface area contributed by atoms with E-state index in [0.29, 0.717) is 25.9 Å². The maximum atomic E-state index is 12.9. The highest BCUT2D eigenvalue weighted by molar-refractivity contribution is 7.89. The van der Waals surface area contributed by atoms with Crippen LogP contribution in [0.2, 0.25) is 0 Å². The molecular formula is C23H24N2O3S. The summed E-state index contributed by atoms with van der Waals surface area (Å²) < 4.78 is 27.2. The monoisotopic (exact) mass is 408 g/mol. The molecule has 29 heavy (non-hydrogen) atoms. The van der Waals surface area contributed by atoms with Crippen molar-refractivity contribution >= 4 is 26.7 Å². The Hall–Kier alpha value is -2.70. The lowest BCUT2D eigenvalue weighted by Gasteiger charge is -2.31. The summed E-state index contributed by atoms with van der Waals surface area (Å²) in [5.74, 6) is -0.428. The molecule has 0 bridgehead atoms. The van der Waals surface area contributed by atoms with E-state index in [1.54, 1.807) is 30.3 Å². The Bertz CT molecular complexity index is 1110. The van der Waals surface area contributed by atoms with E-state index in [4.69, 9.17) is 0 Å². The molecule has 1 saturated heterocycles. The predicted molar refractivity (Wildman–Crippen MR) is 114 cm³/mol. The Morgan fingerprint density at radius 3 is 2.52 bits per heavy atom. The first-order valence-electron chi connectivity index (χ1n) is 9.85. The summed E-state index contributed by atoms with van der Waals surface area (Å²) in [6, 6.07) is 22.5. The number of nitrogens with one attached hydrogen (secondary N) is 1. The summed E-state index contributed by atoms with van der Waals surface area (Å²) >= 11 is 0. The van der Waals surface area contributed by atoms with Gasteiger partial charge in [0.1, 0.15) is 0 Å². The van der Waals surface area contributed by atoms with E-state index in [9.17, 15) is 13.2 Å². The second kappa shape index (κ2) is 8.35. The number of carbonyl (C=O) groups is 1. The van der Waals surface area contributed by atoms with E-state index in [2.05, 4.69) is 5.32 Å². The van der Waals surface area contributed by atoms with Crippen molar-refractivity contribution in [3.8, 4) is 0 Å². The summed E-state index contributed by atoms with van der Waals surface area (Å²) in [6.07, 6.45) is 1.38. The van der Waals surface area contributed by atoms with E-state index in [1.807, 2.05) is 42.5 Å². The Balaban J connectivity index is 1.44. The van der Waals surface area contributed by atoms with Crippen LogP contribution in [0, 0.1) is 5.92 Å². The average molecular weight is 409 g/mol. The van der Waals surface area contributed by atoms with Crippen molar-refractivity contribution in [2.45, 2.75) is 24.3 Å². The van der Waals surface area contributed by atoms with Gasteiger partial charge in [-0.15, -0.1) is 0 Å². The molecule has 6 heteroatoms. The largest absolute Gasteiger partial charge is 0.352 e.